The molecule has 2 aliphatic rings. The summed E-state index contributed by atoms with van der Waals surface area (Å²) in [6.45, 7) is 0.638. The van der Waals surface area contributed by atoms with Crippen molar-refractivity contribution >= 4 is 16.5 Å². The van der Waals surface area contributed by atoms with Crippen LogP contribution in [-0.2, 0) is 19.8 Å². The summed E-state index contributed by atoms with van der Waals surface area (Å²) in [6, 6.07) is 10.5. The van der Waals surface area contributed by atoms with Gasteiger partial charge in [0, 0.05) is 22.1 Å². The summed E-state index contributed by atoms with van der Waals surface area (Å²) in [6.07, 6.45) is 2.37. The fourth-order valence-corrected chi connectivity index (χ4v) is 5.17. The first-order valence-electron chi connectivity index (χ1n) is 10.5. The summed E-state index contributed by atoms with van der Waals surface area (Å²) in [5.41, 5.74) is 7.61. The molecule has 0 bridgehead atoms. The lowest BCUT2D eigenvalue weighted by Gasteiger charge is -2.29. The van der Waals surface area contributed by atoms with Crippen LogP contribution < -0.4 is 14.4 Å². The number of hydrogen-bond donors (Lipinski definition) is 3. The first kappa shape index (κ1) is 19.4. The highest BCUT2D eigenvalue weighted by atomic mass is 16.5. The van der Waals surface area contributed by atoms with Crippen molar-refractivity contribution in [1.29, 1.82) is 0 Å². The Kier molecular flexibility index (Phi) is 4.69. The molecule has 1 atom stereocenters. The Bertz CT molecular complexity index is 1150. The maximum atomic E-state index is 9.99. The van der Waals surface area contributed by atoms with E-state index in [1.165, 1.54) is 45.3 Å². The number of ether oxygens (including phenoxy) is 2. The first-order chi connectivity index (χ1) is 14.6. The minimum Gasteiger partial charge on any atom is -0.493 e. The van der Waals surface area contributed by atoms with Crippen LogP contribution in [0.1, 0.15) is 41.0 Å². The van der Waals surface area contributed by atoms with Crippen LogP contribution in [0.25, 0.3) is 21.9 Å². The Morgan fingerprint density at radius 1 is 0.967 bits per heavy atom. The number of aliphatic hydroxyl groups is 2. The van der Waals surface area contributed by atoms with E-state index in [1.807, 2.05) is 6.07 Å². The van der Waals surface area contributed by atoms with Gasteiger partial charge in [0.1, 0.15) is 12.2 Å². The first-order valence-corrected chi connectivity index (χ1v) is 10.5. The maximum absolute atomic E-state index is 9.99. The van der Waals surface area contributed by atoms with Crippen LogP contribution in [0.15, 0.2) is 30.3 Å². The summed E-state index contributed by atoms with van der Waals surface area (Å²) < 4.78 is 11.5. The van der Waals surface area contributed by atoms with E-state index in [1.54, 1.807) is 14.2 Å². The molecule has 5 nitrogen and oxygen atoms in total. The van der Waals surface area contributed by atoms with E-state index >= 15 is 0 Å². The highest BCUT2D eigenvalue weighted by molar-refractivity contribution is 6.03. The smallest absolute Gasteiger partial charge is 0.164 e. The van der Waals surface area contributed by atoms with Crippen LogP contribution in [0.5, 0.6) is 11.5 Å². The van der Waals surface area contributed by atoms with Gasteiger partial charge in [-0.25, -0.2) is 0 Å². The SMILES string of the molecule is COc1cc2c3c(ccc2c(C2CC2)c1OC)-c1ccc(CO)c(CO)c1C[NH+]3C. The molecule has 0 aromatic heterocycles. The van der Waals surface area contributed by atoms with Gasteiger partial charge in [0.15, 0.2) is 11.5 Å². The lowest BCUT2D eigenvalue weighted by atomic mass is 9.85. The second-order valence-corrected chi connectivity index (χ2v) is 8.39. The number of hydrogen-bond acceptors (Lipinski definition) is 4. The molecule has 1 fully saturated rings. The van der Waals surface area contributed by atoms with Gasteiger partial charge in [-0.2, -0.15) is 0 Å². The Labute approximate surface area is 176 Å². The molecule has 3 aromatic rings. The average molecular weight is 407 g/mol. The van der Waals surface area contributed by atoms with E-state index in [0.717, 1.165) is 40.3 Å². The number of quaternary nitrogens is 1. The van der Waals surface area contributed by atoms with Crippen molar-refractivity contribution in [3.05, 3.63) is 52.6 Å². The van der Waals surface area contributed by atoms with Gasteiger partial charge in [-0.3, -0.25) is 0 Å². The molecule has 3 N–H and O–H groups in total. The molecule has 1 heterocycles. The molecule has 5 heteroatoms. The molecule has 3 aromatic carbocycles. The topological polar surface area (TPSA) is 63.4 Å². The van der Waals surface area contributed by atoms with Crippen molar-refractivity contribution in [3.8, 4) is 22.6 Å². The van der Waals surface area contributed by atoms with Crippen molar-refractivity contribution in [1.82, 2.24) is 0 Å². The van der Waals surface area contributed by atoms with Gasteiger partial charge in [0.25, 0.3) is 0 Å². The Hall–Kier alpha value is -2.60. The van der Waals surface area contributed by atoms with E-state index in [0.29, 0.717) is 5.92 Å². The molecule has 1 unspecified atom stereocenters. The third-order valence-electron chi connectivity index (χ3n) is 6.70. The van der Waals surface area contributed by atoms with Gasteiger partial charge >= 0.3 is 0 Å². The van der Waals surface area contributed by atoms with Crippen LogP contribution in [0.2, 0.25) is 0 Å². The highest BCUT2D eigenvalue weighted by Gasteiger charge is 2.34. The molecule has 30 heavy (non-hydrogen) atoms. The molecular weight excluding hydrogens is 378 g/mol. The summed E-state index contributed by atoms with van der Waals surface area (Å²) in [5.74, 6) is 2.17. The van der Waals surface area contributed by atoms with E-state index < -0.39 is 0 Å². The molecule has 0 saturated heterocycles. The van der Waals surface area contributed by atoms with Gasteiger partial charge in [0.2, 0.25) is 0 Å². The number of aliphatic hydroxyl groups excluding tert-OH is 2. The third-order valence-corrected chi connectivity index (χ3v) is 6.70. The molecular formula is C25H28NO4+. The summed E-state index contributed by atoms with van der Waals surface area (Å²) in [4.78, 5) is 1.27. The number of fused-ring (bicyclic) bond motifs is 5. The lowest BCUT2D eigenvalue weighted by molar-refractivity contribution is -0.824. The molecule has 156 valence electrons. The third kappa shape index (κ3) is 2.73. The number of methoxy groups -OCH3 is 2. The van der Waals surface area contributed by atoms with Crippen molar-refractivity contribution < 1.29 is 24.6 Å². The quantitative estimate of drug-likeness (QED) is 0.610. The number of rotatable bonds is 5. The predicted octanol–water partition coefficient (Wildman–Crippen LogP) is 3.05. The van der Waals surface area contributed by atoms with Gasteiger partial charge in [0.05, 0.1) is 34.5 Å². The lowest BCUT2D eigenvalue weighted by Crippen LogP contribution is -3.03. The predicted molar refractivity (Wildman–Crippen MR) is 117 cm³/mol. The summed E-state index contributed by atoms with van der Waals surface area (Å²) >= 11 is 0. The Balaban J connectivity index is 1.83. The fourth-order valence-electron chi connectivity index (χ4n) is 5.17. The van der Waals surface area contributed by atoms with Gasteiger partial charge in [-0.05, 0) is 53.0 Å². The average Bonchev–Trinajstić information content (AvgIpc) is 3.61. The van der Waals surface area contributed by atoms with Crippen LogP contribution in [-0.4, -0.2) is 31.5 Å². The van der Waals surface area contributed by atoms with Gasteiger partial charge < -0.3 is 24.6 Å². The van der Waals surface area contributed by atoms with Crippen LogP contribution in [0, 0.1) is 0 Å². The van der Waals surface area contributed by atoms with E-state index in [2.05, 4.69) is 31.3 Å². The van der Waals surface area contributed by atoms with Crippen molar-refractivity contribution in [2.75, 3.05) is 21.3 Å². The zero-order valence-corrected chi connectivity index (χ0v) is 17.7. The van der Waals surface area contributed by atoms with Crippen LogP contribution >= 0.6 is 0 Å². The monoisotopic (exact) mass is 406 g/mol. The summed E-state index contributed by atoms with van der Waals surface area (Å²) in [7, 11) is 5.59. The molecule has 1 saturated carbocycles. The number of nitrogens with one attached hydrogen (secondary N) is 1. The molecule has 0 amide bonds. The zero-order chi connectivity index (χ0) is 21.0. The van der Waals surface area contributed by atoms with Crippen molar-refractivity contribution in [3.63, 3.8) is 0 Å². The molecule has 1 aliphatic carbocycles. The highest BCUT2D eigenvalue weighted by Crippen LogP contribution is 2.52. The summed E-state index contributed by atoms with van der Waals surface area (Å²) in [5, 5.41) is 22.1. The van der Waals surface area contributed by atoms with Crippen molar-refractivity contribution in [2.24, 2.45) is 0 Å². The van der Waals surface area contributed by atoms with Crippen LogP contribution in [0.3, 0.4) is 0 Å². The van der Waals surface area contributed by atoms with Crippen molar-refractivity contribution in [2.45, 2.75) is 38.5 Å². The van der Waals surface area contributed by atoms with Gasteiger partial charge in [-0.1, -0.05) is 18.2 Å². The van der Waals surface area contributed by atoms with E-state index in [9.17, 15) is 10.2 Å². The van der Waals surface area contributed by atoms with E-state index in [-0.39, 0.29) is 13.2 Å². The fraction of sp³-hybridized carbons (Fsp3) is 0.360. The van der Waals surface area contributed by atoms with Crippen LogP contribution in [0.4, 0.5) is 5.69 Å². The molecule has 5 rings (SSSR count). The minimum absolute atomic E-state index is 0.0610. The van der Waals surface area contributed by atoms with Gasteiger partial charge in [-0.15, -0.1) is 0 Å². The maximum Gasteiger partial charge on any atom is 0.164 e. The second kappa shape index (κ2) is 7.27. The van der Waals surface area contributed by atoms with E-state index in [4.69, 9.17) is 9.47 Å². The second-order valence-electron chi connectivity index (χ2n) is 8.39. The largest absolute Gasteiger partial charge is 0.493 e. The molecule has 1 aliphatic heterocycles. The number of benzene rings is 3. The zero-order valence-electron chi connectivity index (χ0n) is 17.7. The molecule has 0 radical (unpaired) electrons. The standard InChI is InChI=1S/C25H27NO4/c1-26-11-20-16(7-6-15(12-27)21(20)13-28)18-9-8-17-19(24(18)26)10-22(29-2)25(30-3)23(17)14-4-5-14/h6-10,14,27-28H,4-5,11-13H2,1-3H3/p+1. The Morgan fingerprint density at radius 3 is 2.37 bits per heavy atom. The Morgan fingerprint density at radius 2 is 1.73 bits per heavy atom. The molecule has 0 spiro atoms. The normalized spacial score (nSPS) is 17.6. The minimum atomic E-state index is -0.0634.